The first kappa shape index (κ1) is 41.4. The second-order valence-electron chi connectivity index (χ2n) is 15.3. The van der Waals surface area contributed by atoms with Crippen LogP contribution in [0.2, 0.25) is 0 Å². The Bertz CT molecular complexity index is 1680. The number of aliphatic hydroxyl groups is 2. The quantitative estimate of drug-likeness (QED) is 0.0597. The minimum Gasteiger partial charge on any atom is -0.394 e. The minimum atomic E-state index is -1.16. The molecule has 4 aromatic carbocycles. The van der Waals surface area contributed by atoms with E-state index in [4.69, 9.17) is 5.73 Å². The van der Waals surface area contributed by atoms with Crippen molar-refractivity contribution in [3.8, 4) is 0 Å². The fourth-order valence-corrected chi connectivity index (χ4v) is 7.19. The number of rotatable bonds is 21. The predicted octanol–water partition coefficient (Wildman–Crippen LogP) is 5.81. The topological polar surface area (TPSA) is 154 Å². The van der Waals surface area contributed by atoms with Gasteiger partial charge in [-0.05, 0) is 89.6 Å². The molecule has 7 N–H and O–H groups in total. The van der Waals surface area contributed by atoms with Gasteiger partial charge >= 0.3 is 0 Å². The van der Waals surface area contributed by atoms with Crippen molar-refractivity contribution in [2.45, 2.75) is 103 Å². The van der Waals surface area contributed by atoms with Crippen molar-refractivity contribution in [1.82, 2.24) is 16.0 Å². The van der Waals surface area contributed by atoms with E-state index in [0.29, 0.717) is 38.6 Å². The van der Waals surface area contributed by atoms with Crippen LogP contribution in [0.25, 0.3) is 21.5 Å². The highest BCUT2D eigenvalue weighted by Gasteiger charge is 2.31. The zero-order chi connectivity index (χ0) is 38.3. The zero-order valence-electron chi connectivity index (χ0n) is 31.9. The van der Waals surface area contributed by atoms with E-state index in [-0.39, 0.29) is 36.7 Å². The molecule has 4 aromatic rings. The lowest BCUT2D eigenvalue weighted by atomic mass is 9.87. The number of benzene rings is 4. The van der Waals surface area contributed by atoms with Gasteiger partial charge in [0, 0.05) is 5.92 Å². The molecule has 0 unspecified atom stereocenters. The van der Waals surface area contributed by atoms with Gasteiger partial charge in [0.15, 0.2) is 0 Å². The van der Waals surface area contributed by atoms with Crippen LogP contribution in [-0.2, 0) is 27.2 Å². The Morgan fingerprint density at radius 1 is 0.679 bits per heavy atom. The van der Waals surface area contributed by atoms with Gasteiger partial charge in [-0.1, -0.05) is 119 Å². The molecule has 0 heterocycles. The zero-order valence-corrected chi connectivity index (χ0v) is 31.9. The van der Waals surface area contributed by atoms with Gasteiger partial charge in [0.05, 0.1) is 31.2 Å². The van der Waals surface area contributed by atoms with E-state index in [2.05, 4.69) is 64.5 Å². The second-order valence-corrected chi connectivity index (χ2v) is 15.3. The first-order valence-electron chi connectivity index (χ1n) is 19.3. The summed E-state index contributed by atoms with van der Waals surface area (Å²) in [4.78, 5) is 41.5. The molecule has 0 radical (unpaired) electrons. The van der Waals surface area contributed by atoms with Gasteiger partial charge in [0.25, 0.3) is 0 Å². The van der Waals surface area contributed by atoms with Gasteiger partial charge in [0.1, 0.15) is 6.04 Å². The second kappa shape index (κ2) is 20.8. The summed E-state index contributed by atoms with van der Waals surface area (Å²) in [6.07, 6.45) is 2.55. The van der Waals surface area contributed by atoms with Crippen LogP contribution in [-0.4, -0.2) is 65.3 Å². The molecule has 0 aromatic heterocycles. The SMILES string of the molecule is CC(C)C[C@H](NC(=O)C(Cc1cccc2ccccc12)Cc1cccc2ccccc12)C(=O)N[C@@H](CC(C)C)[C@@H](O)CC(=O)N[C@H](CO)CCCCN. The van der Waals surface area contributed by atoms with Crippen LogP contribution in [0.4, 0.5) is 0 Å². The highest BCUT2D eigenvalue weighted by Crippen LogP contribution is 2.27. The van der Waals surface area contributed by atoms with Gasteiger partial charge in [-0.2, -0.15) is 0 Å². The number of hydrogen-bond donors (Lipinski definition) is 6. The number of unbranched alkanes of at least 4 members (excludes halogenated alkanes) is 1. The third-order valence-electron chi connectivity index (χ3n) is 9.91. The highest BCUT2D eigenvalue weighted by atomic mass is 16.3. The summed E-state index contributed by atoms with van der Waals surface area (Å²) < 4.78 is 0. The van der Waals surface area contributed by atoms with E-state index in [1.54, 1.807) is 0 Å². The number of nitrogens with two attached hydrogens (primary N) is 1. The lowest BCUT2D eigenvalue weighted by Crippen LogP contribution is -2.55. The first-order valence-corrected chi connectivity index (χ1v) is 19.3. The van der Waals surface area contributed by atoms with E-state index in [1.165, 1.54) is 0 Å². The minimum absolute atomic E-state index is 0.0922. The molecule has 0 aliphatic carbocycles. The number of carbonyl (C=O) groups excluding carboxylic acids is 3. The Kier molecular flexibility index (Phi) is 16.3. The van der Waals surface area contributed by atoms with Crippen LogP contribution in [0.5, 0.6) is 0 Å². The lowest BCUT2D eigenvalue weighted by molar-refractivity contribution is -0.132. The van der Waals surface area contributed by atoms with Crippen molar-refractivity contribution in [1.29, 1.82) is 0 Å². The van der Waals surface area contributed by atoms with Crippen molar-refractivity contribution in [3.05, 3.63) is 96.1 Å². The monoisotopic (exact) mass is 724 g/mol. The van der Waals surface area contributed by atoms with Crippen LogP contribution in [0.3, 0.4) is 0 Å². The number of nitrogens with one attached hydrogen (secondary N) is 3. The van der Waals surface area contributed by atoms with Crippen molar-refractivity contribution >= 4 is 39.3 Å². The van der Waals surface area contributed by atoms with Crippen LogP contribution in [0.15, 0.2) is 84.9 Å². The largest absolute Gasteiger partial charge is 0.394 e. The maximum absolute atomic E-state index is 14.5. The van der Waals surface area contributed by atoms with Crippen LogP contribution >= 0.6 is 0 Å². The summed E-state index contributed by atoms with van der Waals surface area (Å²) in [6.45, 7) is 8.32. The van der Waals surface area contributed by atoms with Crippen molar-refractivity contribution in [3.63, 3.8) is 0 Å². The standard InChI is InChI=1S/C44H60N4O5/c1-29(2)23-39(41(50)27-42(51)46-36(28-49)19-9-10-22-45)47-44(53)40(24-30(3)4)48-43(52)35(25-33-17-11-15-31-13-5-7-20-37(31)33)26-34-18-12-16-32-14-6-8-21-38(32)34/h5-8,11-18,20-21,29-30,35-36,39-41,49-50H,9-10,19,22-28,45H2,1-4H3,(H,46,51)(H,47,53)(H,48,52)/t36-,39-,40-,41-/m0/s1. The molecule has 0 bridgehead atoms. The average Bonchev–Trinajstić information content (AvgIpc) is 3.13. The summed E-state index contributed by atoms with van der Waals surface area (Å²) in [7, 11) is 0. The molecule has 0 spiro atoms. The van der Waals surface area contributed by atoms with E-state index in [1.807, 2.05) is 64.1 Å². The van der Waals surface area contributed by atoms with E-state index >= 15 is 0 Å². The normalized spacial score (nSPS) is 14.0. The molecule has 0 aliphatic heterocycles. The van der Waals surface area contributed by atoms with Crippen molar-refractivity contribution < 1.29 is 24.6 Å². The van der Waals surface area contributed by atoms with Gasteiger partial charge < -0.3 is 31.9 Å². The Balaban J connectivity index is 1.55. The van der Waals surface area contributed by atoms with E-state index in [0.717, 1.165) is 45.5 Å². The fraction of sp³-hybridized carbons (Fsp3) is 0.477. The molecule has 4 rings (SSSR count). The third kappa shape index (κ3) is 12.7. The predicted molar refractivity (Wildman–Crippen MR) is 214 cm³/mol. The number of amides is 3. The Hall–Kier alpha value is -4.31. The number of aliphatic hydroxyl groups excluding tert-OH is 2. The summed E-state index contributed by atoms with van der Waals surface area (Å²) in [6, 6.07) is 26.7. The molecule has 0 fully saturated rings. The summed E-state index contributed by atoms with van der Waals surface area (Å²) >= 11 is 0. The molecule has 53 heavy (non-hydrogen) atoms. The van der Waals surface area contributed by atoms with Crippen LogP contribution in [0, 0.1) is 17.8 Å². The molecule has 4 atom stereocenters. The summed E-state index contributed by atoms with van der Waals surface area (Å²) in [5.41, 5.74) is 7.71. The van der Waals surface area contributed by atoms with Gasteiger partial charge in [0.2, 0.25) is 17.7 Å². The Morgan fingerprint density at radius 3 is 1.75 bits per heavy atom. The van der Waals surface area contributed by atoms with Crippen molar-refractivity contribution in [2.75, 3.05) is 13.2 Å². The maximum atomic E-state index is 14.5. The average molecular weight is 725 g/mol. The van der Waals surface area contributed by atoms with Crippen LogP contribution < -0.4 is 21.7 Å². The number of carbonyl (C=O) groups is 3. The molecule has 286 valence electrons. The van der Waals surface area contributed by atoms with Gasteiger partial charge in [-0.25, -0.2) is 0 Å². The Labute approximate surface area is 315 Å². The molecule has 0 saturated heterocycles. The first-order chi connectivity index (χ1) is 25.5. The molecule has 0 aliphatic rings. The molecule has 9 heteroatoms. The molecule has 9 nitrogen and oxygen atoms in total. The number of fused-ring (bicyclic) bond motifs is 2. The van der Waals surface area contributed by atoms with Crippen LogP contribution in [0.1, 0.15) is 77.3 Å². The molecular weight excluding hydrogens is 665 g/mol. The summed E-state index contributed by atoms with van der Waals surface area (Å²) in [5, 5.41) is 34.4. The Morgan fingerprint density at radius 2 is 1.23 bits per heavy atom. The lowest BCUT2D eigenvalue weighted by Gasteiger charge is -2.30. The summed E-state index contributed by atoms with van der Waals surface area (Å²) in [5.74, 6) is -1.26. The maximum Gasteiger partial charge on any atom is 0.242 e. The molecule has 0 saturated carbocycles. The highest BCUT2D eigenvalue weighted by molar-refractivity contribution is 5.91. The van der Waals surface area contributed by atoms with E-state index in [9.17, 15) is 24.6 Å². The van der Waals surface area contributed by atoms with E-state index < -0.39 is 36.1 Å². The smallest absolute Gasteiger partial charge is 0.242 e. The third-order valence-corrected chi connectivity index (χ3v) is 9.91. The molecular formula is C44H60N4O5. The van der Waals surface area contributed by atoms with Crippen molar-refractivity contribution in [2.24, 2.45) is 23.5 Å². The number of hydrogen-bond acceptors (Lipinski definition) is 6. The fourth-order valence-electron chi connectivity index (χ4n) is 7.19. The molecule has 3 amide bonds. The van der Waals surface area contributed by atoms with Gasteiger partial charge in [-0.3, -0.25) is 14.4 Å². The van der Waals surface area contributed by atoms with Gasteiger partial charge in [-0.15, -0.1) is 0 Å².